The van der Waals surface area contributed by atoms with Crippen LogP contribution in [0.25, 0.3) is 11.3 Å². The van der Waals surface area contributed by atoms with Gasteiger partial charge in [0.15, 0.2) is 5.13 Å². The number of carbonyl (C=O) groups excluding carboxylic acids is 1. The summed E-state index contributed by atoms with van der Waals surface area (Å²) in [6.07, 6.45) is 0. The first kappa shape index (κ1) is 18.4. The Morgan fingerprint density at radius 1 is 1.27 bits per heavy atom. The Labute approximate surface area is 160 Å². The summed E-state index contributed by atoms with van der Waals surface area (Å²) in [4.78, 5) is 17.9. The van der Waals surface area contributed by atoms with Gasteiger partial charge >= 0.3 is 0 Å². The van der Waals surface area contributed by atoms with Gasteiger partial charge in [-0.1, -0.05) is 11.6 Å². The number of aromatic nitrogens is 3. The van der Waals surface area contributed by atoms with Crippen molar-refractivity contribution in [2.24, 2.45) is 0 Å². The fourth-order valence-corrected chi connectivity index (χ4v) is 3.58. The summed E-state index contributed by atoms with van der Waals surface area (Å²) in [5, 5.41) is 8.26. The van der Waals surface area contributed by atoms with Crippen molar-refractivity contribution in [2.75, 3.05) is 12.4 Å². The minimum Gasteiger partial charge on any atom is -0.497 e. The van der Waals surface area contributed by atoms with Crippen molar-refractivity contribution in [1.29, 1.82) is 0 Å². The Balaban J connectivity index is 1.74. The molecule has 8 heteroatoms. The van der Waals surface area contributed by atoms with Crippen LogP contribution in [-0.4, -0.2) is 27.8 Å². The van der Waals surface area contributed by atoms with Gasteiger partial charge in [-0.3, -0.25) is 9.48 Å². The van der Waals surface area contributed by atoms with Gasteiger partial charge < -0.3 is 10.1 Å². The molecule has 0 bridgehead atoms. The third-order valence-electron chi connectivity index (χ3n) is 3.99. The van der Waals surface area contributed by atoms with Crippen molar-refractivity contribution in [3.8, 4) is 17.0 Å². The molecule has 0 spiro atoms. The molecule has 0 saturated heterocycles. The zero-order valence-electron chi connectivity index (χ0n) is 15.0. The van der Waals surface area contributed by atoms with Gasteiger partial charge in [-0.05, 0) is 45.0 Å². The van der Waals surface area contributed by atoms with E-state index in [4.69, 9.17) is 16.3 Å². The zero-order valence-corrected chi connectivity index (χ0v) is 16.5. The second kappa shape index (κ2) is 7.47. The Kier molecular flexibility index (Phi) is 5.29. The molecule has 2 aromatic heterocycles. The summed E-state index contributed by atoms with van der Waals surface area (Å²) in [6, 6.07) is 7.67. The van der Waals surface area contributed by atoms with E-state index >= 15 is 0 Å². The van der Waals surface area contributed by atoms with E-state index < -0.39 is 0 Å². The van der Waals surface area contributed by atoms with E-state index in [-0.39, 0.29) is 12.5 Å². The predicted molar refractivity (Wildman–Crippen MR) is 104 cm³/mol. The third-order valence-corrected chi connectivity index (χ3v) is 5.43. The highest BCUT2D eigenvalue weighted by atomic mass is 35.5. The van der Waals surface area contributed by atoms with Crippen molar-refractivity contribution < 1.29 is 9.53 Å². The summed E-state index contributed by atoms with van der Waals surface area (Å²) < 4.78 is 6.77. The molecule has 1 N–H and O–H groups in total. The number of hydrogen-bond acceptors (Lipinski definition) is 5. The van der Waals surface area contributed by atoms with Crippen LogP contribution in [0.1, 0.15) is 16.3 Å². The van der Waals surface area contributed by atoms with E-state index in [0.29, 0.717) is 15.8 Å². The van der Waals surface area contributed by atoms with Crippen LogP contribution < -0.4 is 10.1 Å². The van der Waals surface area contributed by atoms with Crippen LogP contribution in [0.3, 0.4) is 0 Å². The van der Waals surface area contributed by atoms with Crippen LogP contribution in [0, 0.1) is 20.8 Å². The molecule has 1 aromatic carbocycles. The van der Waals surface area contributed by atoms with E-state index in [1.807, 2.05) is 45.0 Å². The van der Waals surface area contributed by atoms with Crippen LogP contribution in [0.2, 0.25) is 5.02 Å². The maximum Gasteiger partial charge on any atom is 0.247 e. The molecule has 0 unspecified atom stereocenters. The molecule has 0 aliphatic carbocycles. The minimum absolute atomic E-state index is 0.0931. The molecular formula is C18H19ClN4O2S. The van der Waals surface area contributed by atoms with Gasteiger partial charge in [-0.25, -0.2) is 4.98 Å². The summed E-state index contributed by atoms with van der Waals surface area (Å²) >= 11 is 7.56. The number of aryl methyl sites for hydroxylation is 2. The molecule has 26 heavy (non-hydrogen) atoms. The Morgan fingerprint density at radius 3 is 2.54 bits per heavy atom. The smallest absolute Gasteiger partial charge is 0.247 e. The highest BCUT2D eigenvalue weighted by Crippen LogP contribution is 2.31. The average Bonchev–Trinajstić information content (AvgIpc) is 3.09. The normalized spacial score (nSPS) is 10.8. The first-order valence-corrected chi connectivity index (χ1v) is 9.19. The lowest BCUT2D eigenvalue weighted by Crippen LogP contribution is -2.20. The molecule has 0 saturated carbocycles. The molecule has 1 amide bonds. The van der Waals surface area contributed by atoms with Crippen LogP contribution in [0.5, 0.6) is 5.75 Å². The van der Waals surface area contributed by atoms with Gasteiger partial charge in [0, 0.05) is 10.4 Å². The lowest BCUT2D eigenvalue weighted by Gasteiger charge is -2.04. The molecule has 136 valence electrons. The van der Waals surface area contributed by atoms with Crippen molar-refractivity contribution in [3.05, 3.63) is 45.6 Å². The number of methoxy groups -OCH3 is 1. The quantitative estimate of drug-likeness (QED) is 0.707. The Hall–Kier alpha value is -2.38. The molecule has 0 aliphatic rings. The van der Waals surface area contributed by atoms with Gasteiger partial charge in [0.2, 0.25) is 5.91 Å². The monoisotopic (exact) mass is 390 g/mol. The summed E-state index contributed by atoms with van der Waals surface area (Å²) in [5.74, 6) is 0.598. The maximum absolute atomic E-state index is 12.3. The average molecular weight is 391 g/mol. The van der Waals surface area contributed by atoms with Gasteiger partial charge in [0.05, 0.1) is 29.2 Å². The molecule has 0 radical (unpaired) electrons. The lowest BCUT2D eigenvalue weighted by atomic mass is 10.1. The molecule has 0 fully saturated rings. The van der Waals surface area contributed by atoms with E-state index in [2.05, 4.69) is 15.4 Å². The van der Waals surface area contributed by atoms with Crippen molar-refractivity contribution >= 4 is 34.0 Å². The van der Waals surface area contributed by atoms with Crippen molar-refractivity contribution in [1.82, 2.24) is 14.8 Å². The van der Waals surface area contributed by atoms with E-state index in [9.17, 15) is 4.79 Å². The number of hydrogen-bond donors (Lipinski definition) is 1. The van der Waals surface area contributed by atoms with Gasteiger partial charge in [0.25, 0.3) is 0 Å². The molecule has 0 aliphatic heterocycles. The fraction of sp³-hybridized carbons (Fsp3) is 0.278. The van der Waals surface area contributed by atoms with E-state index in [1.165, 1.54) is 11.3 Å². The van der Waals surface area contributed by atoms with Gasteiger partial charge in [-0.15, -0.1) is 11.3 Å². The first-order valence-electron chi connectivity index (χ1n) is 8.00. The molecule has 3 rings (SSSR count). The van der Waals surface area contributed by atoms with Gasteiger partial charge in [0.1, 0.15) is 12.3 Å². The van der Waals surface area contributed by atoms with Crippen LogP contribution in [-0.2, 0) is 11.3 Å². The highest BCUT2D eigenvalue weighted by Gasteiger charge is 2.15. The molecular weight excluding hydrogens is 372 g/mol. The van der Waals surface area contributed by atoms with Crippen molar-refractivity contribution in [2.45, 2.75) is 27.3 Å². The number of amides is 1. The number of halogens is 1. The second-order valence-electron chi connectivity index (χ2n) is 5.84. The third kappa shape index (κ3) is 3.73. The first-order chi connectivity index (χ1) is 12.4. The molecule has 3 aromatic rings. The molecule has 6 nitrogen and oxygen atoms in total. The summed E-state index contributed by atoms with van der Waals surface area (Å²) in [5.41, 5.74) is 3.31. The number of carbonyl (C=O) groups is 1. The zero-order chi connectivity index (χ0) is 18.8. The SMILES string of the molecule is COc1ccc(-c2nc(NC(=O)Cn3nc(C)c(Cl)c3C)sc2C)cc1. The van der Waals surface area contributed by atoms with Crippen LogP contribution >= 0.6 is 22.9 Å². The van der Waals surface area contributed by atoms with E-state index in [1.54, 1.807) is 11.8 Å². The summed E-state index contributed by atoms with van der Waals surface area (Å²) in [7, 11) is 1.63. The van der Waals surface area contributed by atoms with E-state index in [0.717, 1.165) is 27.6 Å². The van der Waals surface area contributed by atoms with Gasteiger partial charge in [-0.2, -0.15) is 5.10 Å². The fourth-order valence-electron chi connectivity index (χ4n) is 2.59. The second-order valence-corrected chi connectivity index (χ2v) is 7.42. The lowest BCUT2D eigenvalue weighted by molar-refractivity contribution is -0.116. The van der Waals surface area contributed by atoms with Crippen LogP contribution in [0.4, 0.5) is 5.13 Å². The number of nitrogens with one attached hydrogen (secondary N) is 1. The Morgan fingerprint density at radius 2 is 1.96 bits per heavy atom. The maximum atomic E-state index is 12.3. The Bertz CT molecular complexity index is 947. The standard InChI is InChI=1S/C18H19ClN4O2S/c1-10-16(19)11(2)23(22-10)9-15(24)20-18-21-17(12(3)26-18)13-5-7-14(25-4)8-6-13/h5-8H,9H2,1-4H3,(H,20,21,24). The number of benzene rings is 1. The highest BCUT2D eigenvalue weighted by molar-refractivity contribution is 7.16. The number of ether oxygens (including phenoxy) is 1. The minimum atomic E-state index is -0.192. The van der Waals surface area contributed by atoms with Crippen LogP contribution in [0.15, 0.2) is 24.3 Å². The topological polar surface area (TPSA) is 69.0 Å². The number of anilines is 1. The number of thiazole rings is 1. The van der Waals surface area contributed by atoms with Crippen molar-refractivity contribution in [3.63, 3.8) is 0 Å². The number of nitrogens with zero attached hydrogens (tertiary/aromatic N) is 3. The molecule has 0 atom stereocenters. The summed E-state index contributed by atoms with van der Waals surface area (Å²) in [6.45, 7) is 5.73. The number of rotatable bonds is 5. The largest absolute Gasteiger partial charge is 0.497 e. The molecule has 2 heterocycles. The predicted octanol–water partition coefficient (Wildman–Crippen LogP) is 4.23.